The van der Waals surface area contributed by atoms with Crippen LogP contribution in [0.4, 0.5) is 10.5 Å². The highest BCUT2D eigenvalue weighted by molar-refractivity contribution is 9.10. The molecule has 40 heavy (non-hydrogen) atoms. The smallest absolute Gasteiger partial charge is 0.322 e. The molecule has 10 heteroatoms. The van der Waals surface area contributed by atoms with E-state index in [4.69, 9.17) is 14.2 Å². The number of carbonyl (C=O) groups is 2. The van der Waals surface area contributed by atoms with Crippen LogP contribution in [-0.2, 0) is 22.5 Å². The Bertz CT molecular complexity index is 1280. The van der Waals surface area contributed by atoms with E-state index >= 15 is 0 Å². The molecule has 2 aromatic carbocycles. The van der Waals surface area contributed by atoms with Crippen molar-refractivity contribution in [3.63, 3.8) is 0 Å². The second kappa shape index (κ2) is 14.5. The number of ether oxygens (including phenoxy) is 3. The van der Waals surface area contributed by atoms with Crippen molar-refractivity contribution in [2.75, 3.05) is 45.8 Å². The Hall–Kier alpha value is -3.08. The van der Waals surface area contributed by atoms with Gasteiger partial charge in [-0.05, 0) is 80.3 Å². The normalized spacial score (nSPS) is 14.6. The minimum atomic E-state index is -0.321. The van der Waals surface area contributed by atoms with Crippen LogP contribution < -0.4 is 14.8 Å². The lowest BCUT2D eigenvalue weighted by Gasteiger charge is -2.29. The molecule has 0 aliphatic carbocycles. The number of carbonyl (C=O) groups excluding carboxylic acids is 2. The van der Waals surface area contributed by atoms with Gasteiger partial charge in [-0.3, -0.25) is 4.79 Å². The molecular formula is C30H36BrN3O5S. The summed E-state index contributed by atoms with van der Waals surface area (Å²) < 4.78 is 17.6. The number of hydrogen-bond acceptors (Lipinski definition) is 6. The molecule has 214 valence electrons. The molecule has 3 aromatic rings. The van der Waals surface area contributed by atoms with Crippen LogP contribution in [0.1, 0.15) is 28.2 Å². The Morgan fingerprint density at radius 1 is 1.05 bits per heavy atom. The predicted molar refractivity (Wildman–Crippen MR) is 161 cm³/mol. The Balaban J connectivity index is 1.50. The predicted octanol–water partition coefficient (Wildman–Crippen LogP) is 6.12. The molecule has 8 nitrogen and oxygen atoms in total. The molecule has 0 bridgehead atoms. The van der Waals surface area contributed by atoms with E-state index in [0.29, 0.717) is 49.8 Å². The molecule has 1 unspecified atom stereocenters. The first-order valence-electron chi connectivity index (χ1n) is 13.3. The third-order valence-electron chi connectivity index (χ3n) is 6.77. The molecule has 3 amide bonds. The lowest BCUT2D eigenvalue weighted by molar-refractivity contribution is -0.132. The van der Waals surface area contributed by atoms with Crippen molar-refractivity contribution in [3.8, 4) is 11.5 Å². The van der Waals surface area contributed by atoms with Crippen LogP contribution in [0, 0.1) is 6.92 Å². The number of amides is 3. The van der Waals surface area contributed by atoms with Crippen molar-refractivity contribution >= 4 is 44.9 Å². The standard InChI is InChI=1S/C30H36BrN3O5S/c1-21-6-12-26(40-21)19-33(15-14-22-7-13-27(37-2)28(17-22)38-3)29(35)20-34(18-25-5-4-16-39-25)30(36)32-24-10-8-23(31)9-11-24/h6-13,17,25H,4-5,14-16,18-20H2,1-3H3,(H,32,36). The van der Waals surface area contributed by atoms with Crippen molar-refractivity contribution in [1.82, 2.24) is 9.80 Å². The monoisotopic (exact) mass is 629 g/mol. The largest absolute Gasteiger partial charge is 0.493 e. The molecule has 1 saturated heterocycles. The second-order valence-electron chi connectivity index (χ2n) is 9.72. The highest BCUT2D eigenvalue weighted by Gasteiger charge is 2.27. The number of benzene rings is 2. The van der Waals surface area contributed by atoms with Gasteiger partial charge in [0.05, 0.1) is 26.9 Å². The minimum absolute atomic E-state index is 0.0431. The van der Waals surface area contributed by atoms with Gasteiger partial charge in [0.15, 0.2) is 11.5 Å². The maximum atomic E-state index is 13.8. The fraction of sp³-hybridized carbons (Fsp3) is 0.400. The summed E-state index contributed by atoms with van der Waals surface area (Å²) in [5, 5.41) is 2.94. The Labute approximate surface area is 248 Å². The van der Waals surface area contributed by atoms with Crippen LogP contribution in [0.15, 0.2) is 59.1 Å². The number of hydrogen-bond donors (Lipinski definition) is 1. The van der Waals surface area contributed by atoms with E-state index in [1.54, 1.807) is 30.5 Å². The van der Waals surface area contributed by atoms with Crippen molar-refractivity contribution in [3.05, 3.63) is 74.4 Å². The van der Waals surface area contributed by atoms with E-state index in [9.17, 15) is 9.59 Å². The number of rotatable bonds is 12. The van der Waals surface area contributed by atoms with Gasteiger partial charge in [0, 0.05) is 39.6 Å². The van der Waals surface area contributed by atoms with Gasteiger partial charge in [-0.25, -0.2) is 4.79 Å². The van der Waals surface area contributed by atoms with Crippen LogP contribution in [0.3, 0.4) is 0 Å². The van der Waals surface area contributed by atoms with Gasteiger partial charge >= 0.3 is 6.03 Å². The number of anilines is 1. The second-order valence-corrected chi connectivity index (χ2v) is 12.0. The van der Waals surface area contributed by atoms with Crippen LogP contribution in [0.5, 0.6) is 11.5 Å². The number of aryl methyl sites for hydroxylation is 1. The molecule has 1 aliphatic rings. The first kappa shape index (κ1) is 29.9. The summed E-state index contributed by atoms with van der Waals surface area (Å²) in [5.41, 5.74) is 1.69. The van der Waals surface area contributed by atoms with E-state index in [0.717, 1.165) is 27.8 Å². The SMILES string of the molecule is COc1ccc(CCN(Cc2ccc(C)s2)C(=O)CN(CC2CCCO2)C(=O)Nc2ccc(Br)cc2)cc1OC. The Kier molecular flexibility index (Phi) is 10.9. The van der Waals surface area contributed by atoms with Crippen LogP contribution in [0.2, 0.25) is 0 Å². The summed E-state index contributed by atoms with van der Waals surface area (Å²) in [7, 11) is 3.22. The van der Waals surface area contributed by atoms with Crippen molar-refractivity contribution in [1.29, 1.82) is 0 Å². The van der Waals surface area contributed by atoms with E-state index < -0.39 is 0 Å². The molecule has 0 spiro atoms. The zero-order chi connectivity index (χ0) is 28.5. The third kappa shape index (κ3) is 8.46. The van der Waals surface area contributed by atoms with Crippen molar-refractivity contribution in [2.45, 2.75) is 38.8 Å². The molecule has 2 heterocycles. The zero-order valence-electron chi connectivity index (χ0n) is 23.2. The number of nitrogens with one attached hydrogen (secondary N) is 1. The summed E-state index contributed by atoms with van der Waals surface area (Å²) in [5.74, 6) is 1.20. The summed E-state index contributed by atoms with van der Waals surface area (Å²) >= 11 is 5.09. The number of methoxy groups -OCH3 is 2. The first-order chi connectivity index (χ1) is 19.3. The molecule has 4 rings (SSSR count). The summed E-state index contributed by atoms with van der Waals surface area (Å²) in [4.78, 5) is 32.9. The van der Waals surface area contributed by atoms with Gasteiger partial charge in [0.1, 0.15) is 6.54 Å². The lowest BCUT2D eigenvalue weighted by atomic mass is 10.1. The molecular weight excluding hydrogens is 594 g/mol. The molecule has 1 aliphatic heterocycles. The maximum absolute atomic E-state index is 13.8. The number of urea groups is 1. The summed E-state index contributed by atoms with van der Waals surface area (Å²) in [6.45, 7) is 4.02. The molecule has 1 N–H and O–H groups in total. The van der Waals surface area contributed by atoms with Gasteiger partial charge in [-0.2, -0.15) is 0 Å². The lowest BCUT2D eigenvalue weighted by Crippen LogP contribution is -2.47. The average molecular weight is 631 g/mol. The number of halogens is 1. The van der Waals surface area contributed by atoms with Gasteiger partial charge in [-0.1, -0.05) is 22.0 Å². The van der Waals surface area contributed by atoms with Crippen LogP contribution in [0.25, 0.3) is 0 Å². The summed E-state index contributed by atoms with van der Waals surface area (Å²) in [6, 6.07) is 17.0. The fourth-order valence-electron chi connectivity index (χ4n) is 4.60. The van der Waals surface area contributed by atoms with Gasteiger partial charge in [-0.15, -0.1) is 11.3 Å². The molecule has 0 saturated carbocycles. The summed E-state index contributed by atoms with van der Waals surface area (Å²) in [6.07, 6.45) is 2.38. The van der Waals surface area contributed by atoms with E-state index in [2.05, 4.69) is 40.3 Å². The van der Waals surface area contributed by atoms with Crippen LogP contribution >= 0.6 is 27.3 Å². The molecule has 1 aromatic heterocycles. The quantitative estimate of drug-likeness (QED) is 0.261. The highest BCUT2D eigenvalue weighted by Crippen LogP contribution is 2.28. The van der Waals surface area contributed by atoms with Gasteiger partial charge < -0.3 is 29.3 Å². The molecule has 1 atom stereocenters. The van der Waals surface area contributed by atoms with Crippen molar-refractivity contribution in [2.24, 2.45) is 0 Å². The average Bonchev–Trinajstić information content (AvgIpc) is 3.63. The fourth-order valence-corrected chi connectivity index (χ4v) is 5.77. The van der Waals surface area contributed by atoms with E-state index in [1.807, 2.05) is 47.4 Å². The van der Waals surface area contributed by atoms with Crippen molar-refractivity contribution < 1.29 is 23.8 Å². The zero-order valence-corrected chi connectivity index (χ0v) is 25.6. The van der Waals surface area contributed by atoms with Gasteiger partial charge in [0.25, 0.3) is 0 Å². The highest BCUT2D eigenvalue weighted by atomic mass is 79.9. The maximum Gasteiger partial charge on any atom is 0.322 e. The van der Waals surface area contributed by atoms with Gasteiger partial charge in [0.2, 0.25) is 5.91 Å². The third-order valence-corrected chi connectivity index (χ3v) is 8.28. The van der Waals surface area contributed by atoms with Crippen LogP contribution in [-0.4, -0.2) is 68.3 Å². The first-order valence-corrected chi connectivity index (χ1v) is 14.9. The topological polar surface area (TPSA) is 80.3 Å². The Morgan fingerprint density at radius 2 is 1.82 bits per heavy atom. The number of thiophene rings is 1. The van der Waals surface area contributed by atoms with E-state index in [-0.39, 0.29) is 24.6 Å². The van der Waals surface area contributed by atoms with E-state index in [1.165, 1.54) is 4.88 Å². The molecule has 0 radical (unpaired) electrons. The molecule has 1 fully saturated rings. The Morgan fingerprint density at radius 3 is 2.48 bits per heavy atom. The minimum Gasteiger partial charge on any atom is -0.493 e. The number of nitrogens with zero attached hydrogens (tertiary/aromatic N) is 2.